The summed E-state index contributed by atoms with van der Waals surface area (Å²) in [5, 5.41) is 2.88. The number of amides is 1. The van der Waals surface area contributed by atoms with Crippen LogP contribution < -0.4 is 10.2 Å². The summed E-state index contributed by atoms with van der Waals surface area (Å²) in [6, 6.07) is 1.86. The lowest BCUT2D eigenvalue weighted by Crippen LogP contribution is -2.29. The smallest absolute Gasteiger partial charge is 0.214 e. The van der Waals surface area contributed by atoms with Gasteiger partial charge in [-0.3, -0.25) is 14.8 Å². The molecule has 90 valence electrons. The zero-order valence-corrected chi connectivity index (χ0v) is 10.1. The molecular formula is C12H16N4O. The summed E-state index contributed by atoms with van der Waals surface area (Å²) < 4.78 is 0. The minimum Gasteiger partial charge on any atom is -0.349 e. The normalized spacial score (nSPS) is 10.2. The lowest BCUT2D eigenvalue weighted by atomic mass is 10.2. The van der Waals surface area contributed by atoms with E-state index in [0.29, 0.717) is 12.2 Å². The second-order valence-corrected chi connectivity index (χ2v) is 3.53. The van der Waals surface area contributed by atoms with Gasteiger partial charge in [-0.2, -0.15) is 0 Å². The van der Waals surface area contributed by atoms with Crippen molar-refractivity contribution in [3.63, 3.8) is 0 Å². The van der Waals surface area contributed by atoms with Crippen LogP contribution >= 0.6 is 0 Å². The van der Waals surface area contributed by atoms with E-state index in [-0.39, 0.29) is 0 Å². The molecule has 0 saturated carbocycles. The number of hydrogen-bond acceptors (Lipinski definition) is 3. The standard InChI is InChI=1S/C12H16N4O/c1-10-4-5-14-6-12(10)16(9-17)7-11(2)15-8-13-3/h4-6,8-9H,2,7H2,1,3H3,(H,13,15). The molecule has 0 spiro atoms. The second-order valence-electron chi connectivity index (χ2n) is 3.53. The summed E-state index contributed by atoms with van der Waals surface area (Å²) in [7, 11) is 1.66. The lowest BCUT2D eigenvalue weighted by Gasteiger charge is -2.19. The molecule has 0 aliphatic heterocycles. The third-order valence-corrected chi connectivity index (χ3v) is 2.21. The van der Waals surface area contributed by atoms with Gasteiger partial charge in [-0.05, 0) is 18.6 Å². The molecule has 1 heterocycles. The van der Waals surface area contributed by atoms with E-state index in [1.807, 2.05) is 13.0 Å². The predicted octanol–water partition coefficient (Wildman–Crippen LogP) is 1.11. The first-order valence-corrected chi connectivity index (χ1v) is 5.16. The summed E-state index contributed by atoms with van der Waals surface area (Å²) in [6.07, 6.45) is 5.64. The van der Waals surface area contributed by atoms with E-state index >= 15 is 0 Å². The molecule has 5 nitrogen and oxygen atoms in total. The fourth-order valence-electron chi connectivity index (χ4n) is 1.34. The maximum Gasteiger partial charge on any atom is 0.214 e. The molecular weight excluding hydrogens is 216 g/mol. The van der Waals surface area contributed by atoms with E-state index in [4.69, 9.17) is 0 Å². The Labute approximate surface area is 101 Å². The molecule has 1 aromatic rings. The number of nitrogens with one attached hydrogen (secondary N) is 1. The predicted molar refractivity (Wildman–Crippen MR) is 69.1 cm³/mol. The van der Waals surface area contributed by atoms with Gasteiger partial charge in [0.25, 0.3) is 0 Å². The third kappa shape index (κ3) is 3.71. The molecule has 17 heavy (non-hydrogen) atoms. The number of nitrogens with zero attached hydrogens (tertiary/aromatic N) is 3. The van der Waals surface area contributed by atoms with Gasteiger partial charge in [0, 0.05) is 18.9 Å². The Hall–Kier alpha value is -2.17. The van der Waals surface area contributed by atoms with Gasteiger partial charge in [0.05, 0.1) is 24.8 Å². The van der Waals surface area contributed by atoms with Crippen molar-refractivity contribution in [2.24, 2.45) is 4.99 Å². The molecule has 1 N–H and O–H groups in total. The monoisotopic (exact) mass is 232 g/mol. The van der Waals surface area contributed by atoms with E-state index in [1.54, 1.807) is 24.3 Å². The van der Waals surface area contributed by atoms with E-state index in [2.05, 4.69) is 21.9 Å². The summed E-state index contributed by atoms with van der Waals surface area (Å²) in [6.45, 7) is 6.12. The van der Waals surface area contributed by atoms with Crippen LogP contribution in [0, 0.1) is 6.92 Å². The number of aryl methyl sites for hydroxylation is 1. The molecule has 0 bridgehead atoms. The highest BCUT2D eigenvalue weighted by Crippen LogP contribution is 2.16. The Bertz CT molecular complexity index is 428. The maximum atomic E-state index is 11.1. The number of hydrogen-bond donors (Lipinski definition) is 1. The molecule has 1 aromatic heterocycles. The number of anilines is 1. The number of aliphatic imine (C=N–C) groups is 1. The van der Waals surface area contributed by atoms with Crippen LogP contribution in [0.2, 0.25) is 0 Å². The Morgan fingerprint density at radius 3 is 3.06 bits per heavy atom. The first-order chi connectivity index (χ1) is 8.19. The zero-order chi connectivity index (χ0) is 12.7. The van der Waals surface area contributed by atoms with Gasteiger partial charge < -0.3 is 10.2 Å². The highest BCUT2D eigenvalue weighted by molar-refractivity contribution is 5.77. The van der Waals surface area contributed by atoms with Gasteiger partial charge in [-0.25, -0.2) is 0 Å². The van der Waals surface area contributed by atoms with Crippen molar-refractivity contribution >= 4 is 18.4 Å². The number of carbonyl (C=O) groups excluding carboxylic acids is 1. The van der Waals surface area contributed by atoms with Gasteiger partial charge in [0.1, 0.15) is 0 Å². The van der Waals surface area contributed by atoms with Crippen molar-refractivity contribution in [2.75, 3.05) is 18.5 Å². The number of rotatable bonds is 6. The van der Waals surface area contributed by atoms with Crippen LogP contribution in [0.25, 0.3) is 0 Å². The van der Waals surface area contributed by atoms with Crippen molar-refractivity contribution in [1.29, 1.82) is 0 Å². The fraction of sp³-hybridized carbons (Fsp3) is 0.250. The van der Waals surface area contributed by atoms with E-state index in [0.717, 1.165) is 17.7 Å². The first kappa shape index (κ1) is 12.9. The zero-order valence-electron chi connectivity index (χ0n) is 10.1. The van der Waals surface area contributed by atoms with E-state index in [9.17, 15) is 4.79 Å². The molecule has 0 aliphatic rings. The quantitative estimate of drug-likeness (QED) is 0.454. The average Bonchev–Trinajstić information content (AvgIpc) is 2.34. The molecule has 0 unspecified atom stereocenters. The van der Waals surface area contributed by atoms with E-state index < -0.39 is 0 Å². The molecule has 0 saturated heterocycles. The summed E-state index contributed by atoms with van der Waals surface area (Å²) >= 11 is 0. The van der Waals surface area contributed by atoms with Gasteiger partial charge >= 0.3 is 0 Å². The SMILES string of the molecule is C=C(CN(C=O)c1cnccc1C)NC=NC. The molecule has 0 atom stereocenters. The minimum atomic E-state index is 0.377. The van der Waals surface area contributed by atoms with Gasteiger partial charge in [0.2, 0.25) is 6.41 Å². The Balaban J connectivity index is 2.76. The highest BCUT2D eigenvalue weighted by Gasteiger charge is 2.09. The van der Waals surface area contributed by atoms with Crippen LogP contribution in [0.1, 0.15) is 5.56 Å². The van der Waals surface area contributed by atoms with Crippen LogP contribution in [0.3, 0.4) is 0 Å². The van der Waals surface area contributed by atoms with Crippen LogP contribution in [0.5, 0.6) is 0 Å². The minimum absolute atomic E-state index is 0.377. The van der Waals surface area contributed by atoms with Crippen LogP contribution in [0.15, 0.2) is 35.7 Å². The largest absolute Gasteiger partial charge is 0.349 e. The summed E-state index contributed by atoms with van der Waals surface area (Å²) in [4.78, 5) is 20.4. The van der Waals surface area contributed by atoms with Gasteiger partial charge in [-0.1, -0.05) is 6.58 Å². The molecule has 1 rings (SSSR count). The third-order valence-electron chi connectivity index (χ3n) is 2.21. The molecule has 0 radical (unpaired) electrons. The van der Waals surface area contributed by atoms with Crippen LogP contribution in [-0.2, 0) is 4.79 Å². The van der Waals surface area contributed by atoms with Gasteiger partial charge in [0.15, 0.2) is 0 Å². The number of aromatic nitrogens is 1. The van der Waals surface area contributed by atoms with Crippen molar-refractivity contribution in [3.05, 3.63) is 36.3 Å². The lowest BCUT2D eigenvalue weighted by molar-refractivity contribution is -0.107. The topological polar surface area (TPSA) is 57.6 Å². The highest BCUT2D eigenvalue weighted by atomic mass is 16.1. The molecule has 5 heteroatoms. The Kier molecular flexibility index (Phi) is 4.87. The number of pyridine rings is 1. The van der Waals surface area contributed by atoms with Crippen LogP contribution in [-0.4, -0.2) is 31.3 Å². The van der Waals surface area contributed by atoms with E-state index in [1.165, 1.54) is 6.34 Å². The first-order valence-electron chi connectivity index (χ1n) is 5.16. The average molecular weight is 232 g/mol. The van der Waals surface area contributed by atoms with Gasteiger partial charge in [-0.15, -0.1) is 0 Å². The molecule has 0 fully saturated rings. The summed E-state index contributed by atoms with van der Waals surface area (Å²) in [5.74, 6) is 0. The fourth-order valence-corrected chi connectivity index (χ4v) is 1.34. The van der Waals surface area contributed by atoms with Crippen molar-refractivity contribution in [1.82, 2.24) is 10.3 Å². The maximum absolute atomic E-state index is 11.1. The summed E-state index contributed by atoms with van der Waals surface area (Å²) in [5.41, 5.74) is 2.45. The second kappa shape index (κ2) is 6.42. The van der Waals surface area contributed by atoms with Crippen LogP contribution in [0.4, 0.5) is 5.69 Å². The molecule has 1 amide bonds. The Morgan fingerprint density at radius 2 is 2.47 bits per heavy atom. The number of carbonyl (C=O) groups is 1. The van der Waals surface area contributed by atoms with Crippen molar-refractivity contribution in [2.45, 2.75) is 6.92 Å². The molecule has 0 aromatic carbocycles. The molecule has 0 aliphatic carbocycles. The Morgan fingerprint density at radius 1 is 1.71 bits per heavy atom. The van der Waals surface area contributed by atoms with Crippen molar-refractivity contribution < 1.29 is 4.79 Å². The van der Waals surface area contributed by atoms with Crippen molar-refractivity contribution in [3.8, 4) is 0 Å².